The molecule has 0 saturated heterocycles. The van der Waals surface area contributed by atoms with E-state index in [0.717, 1.165) is 0 Å². The van der Waals surface area contributed by atoms with E-state index in [4.69, 9.17) is 0 Å². The van der Waals surface area contributed by atoms with Crippen LogP contribution < -0.4 is 5.32 Å². The Balaban J connectivity index is 2.12. The summed E-state index contributed by atoms with van der Waals surface area (Å²) in [6.07, 6.45) is 5.58. The second-order valence-corrected chi connectivity index (χ2v) is 5.78. The number of fused-ring (bicyclic) bond motifs is 2. The lowest BCUT2D eigenvalue weighted by Gasteiger charge is -2.22. The van der Waals surface area contributed by atoms with E-state index in [2.05, 4.69) is 46.1 Å². The molecule has 1 saturated carbocycles. The van der Waals surface area contributed by atoms with Gasteiger partial charge < -0.3 is 5.32 Å². The SMILES string of the molecule is Ic1ccc2c(c1)C1(CCCC1)CN2. The molecule has 14 heavy (non-hydrogen) atoms. The highest BCUT2D eigenvalue weighted by Crippen LogP contribution is 2.48. The van der Waals surface area contributed by atoms with Gasteiger partial charge in [-0.2, -0.15) is 0 Å². The van der Waals surface area contributed by atoms with Gasteiger partial charge in [-0.1, -0.05) is 12.8 Å². The summed E-state index contributed by atoms with van der Waals surface area (Å²) >= 11 is 2.42. The van der Waals surface area contributed by atoms with E-state index in [-0.39, 0.29) is 0 Å². The van der Waals surface area contributed by atoms with Crippen molar-refractivity contribution in [2.24, 2.45) is 0 Å². The number of halogens is 1. The van der Waals surface area contributed by atoms with Crippen LogP contribution in [0.15, 0.2) is 18.2 Å². The van der Waals surface area contributed by atoms with Crippen LogP contribution in [-0.4, -0.2) is 6.54 Å². The van der Waals surface area contributed by atoms with Crippen LogP contribution in [0.2, 0.25) is 0 Å². The van der Waals surface area contributed by atoms with Crippen LogP contribution in [0.5, 0.6) is 0 Å². The Bertz CT molecular complexity index is 367. The van der Waals surface area contributed by atoms with Crippen molar-refractivity contribution in [2.75, 3.05) is 11.9 Å². The number of hydrogen-bond donors (Lipinski definition) is 1. The molecule has 1 aromatic rings. The van der Waals surface area contributed by atoms with E-state index >= 15 is 0 Å². The van der Waals surface area contributed by atoms with Crippen LogP contribution in [-0.2, 0) is 5.41 Å². The molecule has 1 nitrogen and oxygen atoms in total. The smallest absolute Gasteiger partial charge is 0.0380 e. The molecule has 0 bridgehead atoms. The van der Waals surface area contributed by atoms with Gasteiger partial charge in [0.25, 0.3) is 0 Å². The average molecular weight is 299 g/mol. The van der Waals surface area contributed by atoms with Gasteiger partial charge >= 0.3 is 0 Å². The summed E-state index contributed by atoms with van der Waals surface area (Å²) in [4.78, 5) is 0. The van der Waals surface area contributed by atoms with Crippen LogP contribution in [0.4, 0.5) is 5.69 Å². The standard InChI is InChI=1S/C12H14IN/c13-9-3-4-11-10(7-9)12(8-14-11)5-1-2-6-12/h3-4,7,14H,1-2,5-6,8H2. The molecule has 2 aliphatic rings. The molecule has 0 aromatic heterocycles. The van der Waals surface area contributed by atoms with Gasteiger partial charge in [-0.25, -0.2) is 0 Å². The van der Waals surface area contributed by atoms with Gasteiger partial charge in [-0.05, 0) is 59.2 Å². The summed E-state index contributed by atoms with van der Waals surface area (Å²) in [6.45, 7) is 1.17. The average Bonchev–Trinajstić information content (AvgIpc) is 2.77. The fourth-order valence-corrected chi connectivity index (χ4v) is 3.46. The Morgan fingerprint density at radius 2 is 2.00 bits per heavy atom. The monoisotopic (exact) mass is 299 g/mol. The molecule has 0 radical (unpaired) electrons. The van der Waals surface area contributed by atoms with Gasteiger partial charge in [0, 0.05) is 21.2 Å². The van der Waals surface area contributed by atoms with E-state index in [0.29, 0.717) is 5.41 Å². The van der Waals surface area contributed by atoms with E-state index < -0.39 is 0 Å². The number of rotatable bonds is 0. The fourth-order valence-electron chi connectivity index (χ4n) is 2.97. The molecular weight excluding hydrogens is 285 g/mol. The summed E-state index contributed by atoms with van der Waals surface area (Å²) in [5, 5.41) is 3.56. The highest BCUT2D eigenvalue weighted by atomic mass is 127. The molecule has 0 atom stereocenters. The van der Waals surface area contributed by atoms with Crippen molar-refractivity contribution in [1.29, 1.82) is 0 Å². The maximum Gasteiger partial charge on any atom is 0.0380 e. The van der Waals surface area contributed by atoms with Gasteiger partial charge in [-0.3, -0.25) is 0 Å². The molecule has 1 aromatic carbocycles. The second-order valence-electron chi connectivity index (χ2n) is 4.53. The van der Waals surface area contributed by atoms with Crippen LogP contribution in [0.1, 0.15) is 31.2 Å². The minimum Gasteiger partial charge on any atom is -0.384 e. The van der Waals surface area contributed by atoms with Crippen LogP contribution in [0, 0.1) is 3.57 Å². The lowest BCUT2D eigenvalue weighted by molar-refractivity contribution is 0.489. The first-order chi connectivity index (χ1) is 6.80. The molecule has 74 valence electrons. The third-order valence-electron chi connectivity index (χ3n) is 3.73. The lowest BCUT2D eigenvalue weighted by Crippen LogP contribution is -2.24. The Hall–Kier alpha value is -0.250. The Morgan fingerprint density at radius 1 is 1.21 bits per heavy atom. The first kappa shape index (κ1) is 9.01. The minimum absolute atomic E-state index is 0.497. The second kappa shape index (κ2) is 3.12. The summed E-state index contributed by atoms with van der Waals surface area (Å²) in [5.41, 5.74) is 3.46. The highest BCUT2D eigenvalue weighted by molar-refractivity contribution is 14.1. The van der Waals surface area contributed by atoms with Crippen LogP contribution in [0.3, 0.4) is 0 Å². The molecule has 0 amide bonds. The van der Waals surface area contributed by atoms with Crippen molar-refractivity contribution in [3.05, 3.63) is 27.3 Å². The lowest BCUT2D eigenvalue weighted by atomic mass is 9.81. The summed E-state index contributed by atoms with van der Waals surface area (Å²) < 4.78 is 1.37. The predicted octanol–water partition coefficient (Wildman–Crippen LogP) is 3.53. The minimum atomic E-state index is 0.497. The van der Waals surface area contributed by atoms with Crippen molar-refractivity contribution in [2.45, 2.75) is 31.1 Å². The third kappa shape index (κ3) is 1.19. The summed E-state index contributed by atoms with van der Waals surface area (Å²) in [5.74, 6) is 0. The first-order valence-electron chi connectivity index (χ1n) is 5.34. The van der Waals surface area contributed by atoms with Crippen LogP contribution >= 0.6 is 22.6 Å². The molecule has 1 N–H and O–H groups in total. The first-order valence-corrected chi connectivity index (χ1v) is 6.42. The Morgan fingerprint density at radius 3 is 2.79 bits per heavy atom. The van der Waals surface area contributed by atoms with Gasteiger partial charge in [-0.15, -0.1) is 0 Å². The highest BCUT2D eigenvalue weighted by Gasteiger charge is 2.40. The van der Waals surface area contributed by atoms with E-state index in [1.54, 1.807) is 5.56 Å². The largest absolute Gasteiger partial charge is 0.384 e. The molecule has 1 fully saturated rings. The third-order valence-corrected chi connectivity index (χ3v) is 4.40. The van der Waals surface area contributed by atoms with Crippen molar-refractivity contribution in [3.63, 3.8) is 0 Å². The van der Waals surface area contributed by atoms with Gasteiger partial charge in [0.15, 0.2) is 0 Å². The summed E-state index contributed by atoms with van der Waals surface area (Å²) in [6, 6.07) is 6.81. The Labute approximate surface area is 98.4 Å². The van der Waals surface area contributed by atoms with Crippen molar-refractivity contribution < 1.29 is 0 Å². The molecule has 1 heterocycles. The normalized spacial score (nSPS) is 22.4. The number of nitrogens with one attached hydrogen (secondary N) is 1. The molecule has 1 aliphatic carbocycles. The summed E-state index contributed by atoms with van der Waals surface area (Å²) in [7, 11) is 0. The van der Waals surface area contributed by atoms with Gasteiger partial charge in [0.1, 0.15) is 0 Å². The molecule has 0 unspecified atom stereocenters. The quantitative estimate of drug-likeness (QED) is 0.723. The van der Waals surface area contributed by atoms with Crippen molar-refractivity contribution in [3.8, 4) is 0 Å². The van der Waals surface area contributed by atoms with Gasteiger partial charge in [0.05, 0.1) is 0 Å². The number of hydrogen-bond acceptors (Lipinski definition) is 1. The maximum absolute atomic E-state index is 3.56. The predicted molar refractivity (Wildman–Crippen MR) is 67.8 cm³/mol. The molecule has 1 aliphatic heterocycles. The molecule has 3 rings (SSSR count). The number of benzene rings is 1. The van der Waals surface area contributed by atoms with E-state index in [9.17, 15) is 0 Å². The van der Waals surface area contributed by atoms with Crippen molar-refractivity contribution >= 4 is 28.3 Å². The molecule has 2 heteroatoms. The van der Waals surface area contributed by atoms with Crippen molar-refractivity contribution in [1.82, 2.24) is 0 Å². The van der Waals surface area contributed by atoms with Gasteiger partial charge in [0.2, 0.25) is 0 Å². The van der Waals surface area contributed by atoms with E-state index in [1.807, 2.05) is 0 Å². The molecular formula is C12H14IN. The zero-order chi connectivity index (χ0) is 9.60. The van der Waals surface area contributed by atoms with Crippen LogP contribution in [0.25, 0.3) is 0 Å². The molecule has 1 spiro atoms. The van der Waals surface area contributed by atoms with E-state index in [1.165, 1.54) is 41.5 Å². The maximum atomic E-state index is 3.56. The zero-order valence-electron chi connectivity index (χ0n) is 8.15. The Kier molecular flexibility index (Phi) is 2.01. The topological polar surface area (TPSA) is 12.0 Å². The zero-order valence-corrected chi connectivity index (χ0v) is 10.3. The number of anilines is 1. The fraction of sp³-hybridized carbons (Fsp3) is 0.500.